The minimum Gasteiger partial charge on any atom is -0.388 e. The Bertz CT molecular complexity index is 419. The van der Waals surface area contributed by atoms with Gasteiger partial charge in [0.15, 0.2) is 0 Å². The predicted molar refractivity (Wildman–Crippen MR) is 74.2 cm³/mol. The summed E-state index contributed by atoms with van der Waals surface area (Å²) in [5.41, 5.74) is 0.418. The average molecular weight is 267 g/mol. The molecule has 3 nitrogen and oxygen atoms in total. The van der Waals surface area contributed by atoms with Gasteiger partial charge in [-0.2, -0.15) is 0 Å². The fraction of sp³-hybridized carbons (Fsp3) is 0.643. The second-order valence-corrected chi connectivity index (χ2v) is 6.39. The minimum atomic E-state index is -0.676. The van der Waals surface area contributed by atoms with Gasteiger partial charge in [-0.25, -0.2) is 0 Å². The normalized spacial score (nSPS) is 18.2. The van der Waals surface area contributed by atoms with Crippen molar-refractivity contribution < 1.29 is 9.90 Å². The summed E-state index contributed by atoms with van der Waals surface area (Å²) in [6, 6.07) is 2.01. The van der Waals surface area contributed by atoms with Crippen LogP contribution in [0.3, 0.4) is 0 Å². The Kier molecular flexibility index (Phi) is 4.07. The number of carbonyl (C=O) groups is 1. The Hall–Kier alpha value is -0.870. The van der Waals surface area contributed by atoms with Gasteiger partial charge in [0.2, 0.25) is 0 Å². The lowest BCUT2D eigenvalue weighted by atomic mass is 10.0. The van der Waals surface area contributed by atoms with Crippen molar-refractivity contribution in [3.8, 4) is 0 Å². The topological polar surface area (TPSA) is 49.3 Å². The molecule has 1 aromatic heterocycles. The van der Waals surface area contributed by atoms with E-state index in [4.69, 9.17) is 0 Å². The Labute approximate surface area is 112 Å². The molecule has 2 rings (SSSR count). The average Bonchev–Trinajstić information content (AvgIpc) is 2.95. The van der Waals surface area contributed by atoms with E-state index in [0.717, 1.165) is 36.1 Å². The third-order valence-corrected chi connectivity index (χ3v) is 4.57. The molecule has 18 heavy (non-hydrogen) atoms. The van der Waals surface area contributed by atoms with Crippen molar-refractivity contribution in [1.29, 1.82) is 0 Å². The van der Waals surface area contributed by atoms with Crippen molar-refractivity contribution in [1.82, 2.24) is 5.32 Å². The molecule has 4 heteroatoms. The maximum absolute atomic E-state index is 12.1. The van der Waals surface area contributed by atoms with E-state index in [-0.39, 0.29) is 5.91 Å². The first-order valence-corrected chi connectivity index (χ1v) is 7.48. The molecule has 0 bridgehead atoms. The van der Waals surface area contributed by atoms with Crippen LogP contribution in [0.25, 0.3) is 0 Å². The van der Waals surface area contributed by atoms with E-state index in [1.807, 2.05) is 11.4 Å². The predicted octanol–water partition coefficient (Wildman–Crippen LogP) is 2.91. The van der Waals surface area contributed by atoms with Gasteiger partial charge in [-0.05, 0) is 35.8 Å². The molecule has 2 N–H and O–H groups in total. The summed E-state index contributed by atoms with van der Waals surface area (Å²) in [7, 11) is 0. The van der Waals surface area contributed by atoms with Crippen LogP contribution in [-0.4, -0.2) is 23.2 Å². The van der Waals surface area contributed by atoms with Crippen LogP contribution in [0.15, 0.2) is 11.4 Å². The number of carbonyl (C=O) groups excluding carboxylic acids is 1. The zero-order chi connectivity index (χ0) is 13.2. The molecule has 0 atom stereocenters. The number of nitrogens with one attached hydrogen (secondary N) is 1. The first-order chi connectivity index (χ1) is 8.52. The number of hydrogen-bond acceptors (Lipinski definition) is 3. The lowest BCUT2D eigenvalue weighted by molar-refractivity contribution is 0.0450. The highest BCUT2D eigenvalue weighted by atomic mass is 32.1. The summed E-state index contributed by atoms with van der Waals surface area (Å²) in [6.07, 6.45) is 3.72. The summed E-state index contributed by atoms with van der Waals surface area (Å²) in [6.45, 7) is 4.55. The molecular weight excluding hydrogens is 246 g/mol. The van der Waals surface area contributed by atoms with E-state index in [2.05, 4.69) is 19.2 Å². The van der Waals surface area contributed by atoms with Crippen LogP contribution in [0.4, 0.5) is 0 Å². The lowest BCUT2D eigenvalue weighted by Gasteiger charge is -2.22. The van der Waals surface area contributed by atoms with Crippen molar-refractivity contribution >= 4 is 17.2 Å². The molecule has 0 spiro atoms. The van der Waals surface area contributed by atoms with Crippen molar-refractivity contribution in [2.24, 2.45) is 0 Å². The molecule has 100 valence electrons. The summed E-state index contributed by atoms with van der Waals surface area (Å²) < 4.78 is 0. The molecule has 1 amide bonds. The van der Waals surface area contributed by atoms with Gasteiger partial charge in [-0.15, -0.1) is 11.3 Å². The van der Waals surface area contributed by atoms with E-state index in [1.165, 1.54) is 11.3 Å². The molecule has 1 saturated carbocycles. The van der Waals surface area contributed by atoms with E-state index < -0.39 is 5.60 Å². The van der Waals surface area contributed by atoms with E-state index in [0.29, 0.717) is 12.5 Å². The van der Waals surface area contributed by atoms with Crippen LogP contribution < -0.4 is 5.32 Å². The number of amides is 1. The molecule has 1 aliphatic rings. The van der Waals surface area contributed by atoms with Gasteiger partial charge in [-0.1, -0.05) is 26.7 Å². The zero-order valence-electron chi connectivity index (χ0n) is 11.0. The van der Waals surface area contributed by atoms with Gasteiger partial charge < -0.3 is 10.4 Å². The second-order valence-electron chi connectivity index (χ2n) is 5.47. The van der Waals surface area contributed by atoms with Crippen molar-refractivity contribution in [3.63, 3.8) is 0 Å². The maximum atomic E-state index is 12.1. The van der Waals surface area contributed by atoms with E-state index >= 15 is 0 Å². The monoisotopic (exact) mass is 267 g/mol. The highest BCUT2D eigenvalue weighted by Crippen LogP contribution is 2.29. The Morgan fingerprint density at radius 2 is 2.17 bits per heavy atom. The number of rotatable bonds is 4. The quantitative estimate of drug-likeness (QED) is 0.881. The molecule has 1 aromatic rings. The highest BCUT2D eigenvalue weighted by molar-refractivity contribution is 7.12. The van der Waals surface area contributed by atoms with Gasteiger partial charge in [-0.3, -0.25) is 4.79 Å². The molecule has 0 aromatic carbocycles. The molecular formula is C14H21NO2S. The Morgan fingerprint density at radius 1 is 1.50 bits per heavy atom. The fourth-order valence-electron chi connectivity index (χ4n) is 2.49. The van der Waals surface area contributed by atoms with E-state index in [9.17, 15) is 9.90 Å². The lowest BCUT2D eigenvalue weighted by Crippen LogP contribution is -2.40. The first-order valence-electron chi connectivity index (χ1n) is 6.60. The maximum Gasteiger partial charge on any atom is 0.261 e. The molecule has 0 saturated heterocycles. The zero-order valence-corrected chi connectivity index (χ0v) is 11.8. The fourth-order valence-corrected chi connectivity index (χ4v) is 3.46. The number of aliphatic hydroxyl groups is 1. The third-order valence-electron chi connectivity index (χ3n) is 3.64. The third kappa shape index (κ3) is 2.93. The molecule has 0 unspecified atom stereocenters. The number of hydrogen-bond donors (Lipinski definition) is 2. The number of thiophene rings is 1. The molecule has 1 fully saturated rings. The van der Waals surface area contributed by atoms with Gasteiger partial charge >= 0.3 is 0 Å². The highest BCUT2D eigenvalue weighted by Gasteiger charge is 2.31. The molecule has 0 radical (unpaired) electrons. The van der Waals surface area contributed by atoms with E-state index in [1.54, 1.807) is 0 Å². The van der Waals surface area contributed by atoms with Crippen molar-refractivity contribution in [2.45, 2.75) is 51.0 Å². The van der Waals surface area contributed by atoms with Crippen molar-refractivity contribution in [3.05, 3.63) is 21.9 Å². The first kappa shape index (κ1) is 13.6. The van der Waals surface area contributed by atoms with Crippen LogP contribution >= 0.6 is 11.3 Å². The molecule has 0 aliphatic heterocycles. The van der Waals surface area contributed by atoms with Gasteiger partial charge in [0, 0.05) is 6.54 Å². The summed E-state index contributed by atoms with van der Waals surface area (Å²) in [5, 5.41) is 15.0. The molecule has 1 heterocycles. The Morgan fingerprint density at radius 3 is 2.78 bits per heavy atom. The summed E-state index contributed by atoms with van der Waals surface area (Å²) in [4.78, 5) is 12.9. The van der Waals surface area contributed by atoms with Gasteiger partial charge in [0.05, 0.1) is 10.5 Å². The SMILES string of the molecule is CC(C)c1ccsc1C(=O)NCC1(O)CCCC1. The second kappa shape index (κ2) is 5.41. The van der Waals surface area contributed by atoms with Gasteiger partial charge in [0.1, 0.15) is 0 Å². The van der Waals surface area contributed by atoms with Crippen LogP contribution in [0.1, 0.15) is 60.7 Å². The van der Waals surface area contributed by atoms with Crippen LogP contribution in [0.5, 0.6) is 0 Å². The standard InChI is InChI=1S/C14H21NO2S/c1-10(2)11-5-8-18-12(11)13(16)15-9-14(17)6-3-4-7-14/h5,8,10,17H,3-4,6-7,9H2,1-2H3,(H,15,16). The van der Waals surface area contributed by atoms with Gasteiger partial charge in [0.25, 0.3) is 5.91 Å². The minimum absolute atomic E-state index is 0.0472. The molecule has 1 aliphatic carbocycles. The summed E-state index contributed by atoms with van der Waals surface area (Å²) >= 11 is 1.47. The Balaban J connectivity index is 1.97. The summed E-state index contributed by atoms with van der Waals surface area (Å²) in [5.74, 6) is 0.306. The van der Waals surface area contributed by atoms with Crippen LogP contribution in [-0.2, 0) is 0 Å². The van der Waals surface area contributed by atoms with Crippen LogP contribution in [0.2, 0.25) is 0 Å². The van der Waals surface area contributed by atoms with Crippen LogP contribution in [0, 0.1) is 0 Å². The van der Waals surface area contributed by atoms with Crippen molar-refractivity contribution in [2.75, 3.05) is 6.54 Å². The largest absolute Gasteiger partial charge is 0.388 e. The smallest absolute Gasteiger partial charge is 0.261 e.